The van der Waals surface area contributed by atoms with E-state index in [0.717, 1.165) is 0 Å². The highest BCUT2D eigenvalue weighted by atomic mass is 32.1. The van der Waals surface area contributed by atoms with Crippen LogP contribution in [0.15, 0.2) is 24.3 Å². The van der Waals surface area contributed by atoms with Crippen LogP contribution in [-0.4, -0.2) is 32.1 Å². The molecule has 0 fully saturated rings. The van der Waals surface area contributed by atoms with E-state index in [4.69, 9.17) is 10.5 Å². The molecule has 0 aliphatic carbocycles. The Kier molecular flexibility index (Phi) is 4.09. The van der Waals surface area contributed by atoms with Crippen LogP contribution in [0.1, 0.15) is 9.67 Å². The number of nitrogen functional groups attached to an aromatic ring is 1. The summed E-state index contributed by atoms with van der Waals surface area (Å²) >= 11 is 1.22. The Morgan fingerprint density at radius 1 is 1.45 bits per heavy atom. The van der Waals surface area contributed by atoms with Gasteiger partial charge in [0.25, 0.3) is 5.91 Å². The summed E-state index contributed by atoms with van der Waals surface area (Å²) in [7, 11) is 4.98. The number of nitrogens with one attached hydrogen (secondary N) is 1. The molecule has 0 saturated carbocycles. The molecule has 106 valence electrons. The van der Waals surface area contributed by atoms with E-state index in [1.165, 1.54) is 16.2 Å². The zero-order chi connectivity index (χ0) is 14.7. The smallest absolute Gasteiger partial charge is 0.272 e. The molecule has 0 spiro atoms. The summed E-state index contributed by atoms with van der Waals surface area (Å²) < 4.78 is 5.26. The summed E-state index contributed by atoms with van der Waals surface area (Å²) in [5.74, 6) is 0.636. The molecule has 6 nitrogen and oxygen atoms in total. The van der Waals surface area contributed by atoms with E-state index >= 15 is 0 Å². The number of rotatable bonds is 4. The predicted molar refractivity (Wildman–Crippen MR) is 81.8 cm³/mol. The fourth-order valence-electron chi connectivity index (χ4n) is 1.76. The molecule has 3 N–H and O–H groups in total. The standard InChI is InChI=1S/C13H16N4O2S/c1-15-13-16-11(14)10(20-13)12(18)17(2)8-6-4-5-7-9(8)19-3/h4-7H,14H2,1-3H3,(H,15,16). The molecule has 1 aromatic carbocycles. The zero-order valence-corrected chi connectivity index (χ0v) is 12.3. The Labute approximate surface area is 121 Å². The molecule has 1 aromatic heterocycles. The fraction of sp³-hybridized carbons (Fsp3) is 0.231. The zero-order valence-electron chi connectivity index (χ0n) is 11.5. The van der Waals surface area contributed by atoms with Gasteiger partial charge in [0.15, 0.2) is 5.13 Å². The number of carbonyl (C=O) groups excluding carboxylic acids is 1. The number of anilines is 3. The van der Waals surface area contributed by atoms with E-state index in [1.54, 1.807) is 27.3 Å². The van der Waals surface area contributed by atoms with Gasteiger partial charge < -0.3 is 20.7 Å². The van der Waals surface area contributed by atoms with Gasteiger partial charge in [-0.2, -0.15) is 0 Å². The molecule has 0 aliphatic rings. The third kappa shape index (κ3) is 2.53. The summed E-state index contributed by atoms with van der Waals surface area (Å²) in [6, 6.07) is 7.30. The third-order valence-corrected chi connectivity index (χ3v) is 3.89. The second kappa shape index (κ2) is 5.79. The summed E-state index contributed by atoms with van der Waals surface area (Å²) in [4.78, 5) is 18.5. The summed E-state index contributed by atoms with van der Waals surface area (Å²) in [6.45, 7) is 0. The lowest BCUT2D eigenvalue weighted by Gasteiger charge is -2.19. The van der Waals surface area contributed by atoms with Gasteiger partial charge in [-0.1, -0.05) is 23.5 Å². The van der Waals surface area contributed by atoms with E-state index in [-0.39, 0.29) is 11.7 Å². The maximum Gasteiger partial charge on any atom is 0.272 e. The normalized spacial score (nSPS) is 10.2. The summed E-state index contributed by atoms with van der Waals surface area (Å²) in [6.07, 6.45) is 0. The van der Waals surface area contributed by atoms with Crippen LogP contribution in [-0.2, 0) is 0 Å². The number of nitrogens with two attached hydrogens (primary N) is 1. The number of para-hydroxylation sites is 2. The molecule has 0 bridgehead atoms. The van der Waals surface area contributed by atoms with E-state index in [2.05, 4.69) is 10.3 Å². The first-order valence-corrected chi connectivity index (χ1v) is 6.75. The Hall–Kier alpha value is -2.28. The van der Waals surface area contributed by atoms with Crippen molar-refractivity contribution < 1.29 is 9.53 Å². The van der Waals surface area contributed by atoms with E-state index < -0.39 is 0 Å². The number of thiazole rings is 1. The van der Waals surface area contributed by atoms with Crippen molar-refractivity contribution in [3.05, 3.63) is 29.1 Å². The van der Waals surface area contributed by atoms with Crippen LogP contribution in [0.2, 0.25) is 0 Å². The molecular formula is C13H16N4O2S. The van der Waals surface area contributed by atoms with Crippen LogP contribution in [0.25, 0.3) is 0 Å². The average Bonchev–Trinajstić information content (AvgIpc) is 2.86. The van der Waals surface area contributed by atoms with Crippen LogP contribution in [0.3, 0.4) is 0 Å². The first-order chi connectivity index (χ1) is 9.58. The van der Waals surface area contributed by atoms with Gasteiger partial charge in [0.1, 0.15) is 16.4 Å². The Balaban J connectivity index is 2.34. The molecule has 0 radical (unpaired) electrons. The van der Waals surface area contributed by atoms with Crippen molar-refractivity contribution in [2.45, 2.75) is 0 Å². The molecule has 20 heavy (non-hydrogen) atoms. The van der Waals surface area contributed by atoms with Gasteiger partial charge in [-0.05, 0) is 12.1 Å². The topological polar surface area (TPSA) is 80.5 Å². The van der Waals surface area contributed by atoms with Crippen LogP contribution in [0, 0.1) is 0 Å². The minimum atomic E-state index is -0.217. The average molecular weight is 292 g/mol. The minimum Gasteiger partial charge on any atom is -0.495 e. The lowest BCUT2D eigenvalue weighted by Crippen LogP contribution is -2.26. The van der Waals surface area contributed by atoms with Gasteiger partial charge >= 0.3 is 0 Å². The van der Waals surface area contributed by atoms with Crippen molar-refractivity contribution in [2.24, 2.45) is 0 Å². The van der Waals surface area contributed by atoms with Crippen molar-refractivity contribution in [3.8, 4) is 5.75 Å². The molecular weight excluding hydrogens is 276 g/mol. The van der Waals surface area contributed by atoms with Crippen molar-refractivity contribution in [2.75, 3.05) is 37.2 Å². The highest BCUT2D eigenvalue weighted by molar-refractivity contribution is 7.18. The van der Waals surface area contributed by atoms with Crippen molar-refractivity contribution in [1.29, 1.82) is 0 Å². The number of carbonyl (C=O) groups is 1. The first kappa shape index (κ1) is 14.1. The predicted octanol–water partition coefficient (Wildman–Crippen LogP) is 2.05. The second-order valence-corrected chi connectivity index (χ2v) is 5.02. The third-order valence-electron chi connectivity index (χ3n) is 2.81. The molecule has 0 saturated heterocycles. The van der Waals surface area contributed by atoms with E-state index in [9.17, 15) is 4.79 Å². The number of methoxy groups -OCH3 is 1. The molecule has 1 heterocycles. The lowest BCUT2D eigenvalue weighted by atomic mass is 10.2. The minimum absolute atomic E-state index is 0.217. The largest absolute Gasteiger partial charge is 0.495 e. The maximum absolute atomic E-state index is 12.5. The Bertz CT molecular complexity index is 627. The van der Waals surface area contributed by atoms with Gasteiger partial charge in [0, 0.05) is 14.1 Å². The molecule has 0 unspecified atom stereocenters. The van der Waals surface area contributed by atoms with E-state index in [1.807, 2.05) is 18.2 Å². The summed E-state index contributed by atoms with van der Waals surface area (Å²) in [5.41, 5.74) is 6.46. The van der Waals surface area contributed by atoms with Gasteiger partial charge in [-0.3, -0.25) is 4.79 Å². The molecule has 1 amide bonds. The number of hydrogen-bond donors (Lipinski definition) is 2. The molecule has 7 heteroatoms. The van der Waals surface area contributed by atoms with Gasteiger partial charge in [0.2, 0.25) is 0 Å². The highest BCUT2D eigenvalue weighted by Crippen LogP contribution is 2.31. The summed E-state index contributed by atoms with van der Waals surface area (Å²) in [5, 5.41) is 3.49. The fourth-order valence-corrected chi connectivity index (χ4v) is 2.57. The number of ether oxygens (including phenoxy) is 1. The SMILES string of the molecule is CNc1nc(N)c(C(=O)N(C)c2ccccc2OC)s1. The number of aromatic nitrogens is 1. The number of amides is 1. The van der Waals surface area contributed by atoms with E-state index in [0.29, 0.717) is 21.4 Å². The van der Waals surface area contributed by atoms with Gasteiger partial charge in [-0.25, -0.2) is 4.98 Å². The molecule has 0 atom stereocenters. The molecule has 2 aromatic rings. The van der Waals surface area contributed by atoms with Crippen molar-refractivity contribution in [1.82, 2.24) is 4.98 Å². The monoisotopic (exact) mass is 292 g/mol. The van der Waals surface area contributed by atoms with Gasteiger partial charge in [0.05, 0.1) is 12.8 Å². The van der Waals surface area contributed by atoms with Crippen molar-refractivity contribution in [3.63, 3.8) is 0 Å². The Morgan fingerprint density at radius 2 is 2.15 bits per heavy atom. The molecule has 0 aliphatic heterocycles. The highest BCUT2D eigenvalue weighted by Gasteiger charge is 2.22. The maximum atomic E-state index is 12.5. The first-order valence-electron chi connectivity index (χ1n) is 5.93. The van der Waals surface area contributed by atoms with Crippen LogP contribution >= 0.6 is 11.3 Å². The van der Waals surface area contributed by atoms with Gasteiger partial charge in [-0.15, -0.1) is 0 Å². The number of nitrogens with zero attached hydrogens (tertiary/aromatic N) is 2. The number of benzene rings is 1. The second-order valence-electron chi connectivity index (χ2n) is 4.02. The number of hydrogen-bond acceptors (Lipinski definition) is 6. The van der Waals surface area contributed by atoms with Crippen molar-refractivity contribution >= 4 is 33.9 Å². The van der Waals surface area contributed by atoms with Crippen LogP contribution in [0.5, 0.6) is 5.75 Å². The lowest BCUT2D eigenvalue weighted by molar-refractivity contribution is 0.0997. The van der Waals surface area contributed by atoms with Crippen LogP contribution < -0.4 is 20.7 Å². The Morgan fingerprint density at radius 3 is 2.75 bits per heavy atom. The van der Waals surface area contributed by atoms with Crippen LogP contribution in [0.4, 0.5) is 16.6 Å². The quantitative estimate of drug-likeness (QED) is 0.901. The molecule has 2 rings (SSSR count).